The van der Waals surface area contributed by atoms with Crippen LogP contribution in [0.25, 0.3) is 0 Å². The van der Waals surface area contributed by atoms with Crippen LogP contribution in [0.2, 0.25) is 5.02 Å². The first-order valence-corrected chi connectivity index (χ1v) is 6.53. The molecule has 0 spiro atoms. The van der Waals surface area contributed by atoms with Crippen LogP contribution in [0.15, 0.2) is 22.0 Å². The summed E-state index contributed by atoms with van der Waals surface area (Å²) < 4.78 is 13.1. The van der Waals surface area contributed by atoms with Crippen molar-refractivity contribution in [3.8, 4) is 0 Å². The first kappa shape index (κ1) is 10.3. The van der Waals surface area contributed by atoms with E-state index in [1.807, 2.05) is 6.26 Å². The Morgan fingerprint density at radius 2 is 2.36 bits per heavy atom. The van der Waals surface area contributed by atoms with Crippen molar-refractivity contribution in [2.45, 2.75) is 4.90 Å². The van der Waals surface area contributed by atoms with Gasteiger partial charge in [0.05, 0.1) is 15.8 Å². The first-order chi connectivity index (χ1) is 6.70. The summed E-state index contributed by atoms with van der Waals surface area (Å²) in [5, 5.41) is 1.18. The minimum Gasteiger partial charge on any atom is -0.244 e. The smallest absolute Gasteiger partial charge is 0.143 e. The summed E-state index contributed by atoms with van der Waals surface area (Å²) in [6, 6.07) is 3.03. The number of halogens is 2. The number of hydrogen-bond donors (Lipinski definition) is 0. The van der Waals surface area contributed by atoms with E-state index < -0.39 is 0 Å². The molecule has 0 bridgehead atoms. The molecule has 0 unspecified atom stereocenters. The minimum absolute atomic E-state index is 0.135. The second kappa shape index (κ2) is 4.13. The number of rotatable bonds is 0. The van der Waals surface area contributed by atoms with E-state index in [0.717, 1.165) is 21.4 Å². The Labute approximate surface area is 95.1 Å². The Kier molecular flexibility index (Phi) is 3.04. The van der Waals surface area contributed by atoms with Gasteiger partial charge in [-0.25, -0.2) is 9.38 Å². The van der Waals surface area contributed by atoms with Gasteiger partial charge < -0.3 is 0 Å². The predicted octanol–water partition coefficient (Wildman–Crippen LogP) is 3.98. The van der Waals surface area contributed by atoms with Crippen LogP contribution >= 0.6 is 35.1 Å². The zero-order chi connectivity index (χ0) is 10.1. The molecular weight excluding hydrogens is 241 g/mol. The van der Waals surface area contributed by atoms with Crippen LogP contribution in [-0.4, -0.2) is 17.1 Å². The van der Waals surface area contributed by atoms with E-state index in [2.05, 4.69) is 4.99 Å². The van der Waals surface area contributed by atoms with Gasteiger partial charge in [-0.3, -0.25) is 0 Å². The third-order valence-electron chi connectivity index (χ3n) is 1.83. The molecule has 0 aromatic heterocycles. The normalized spacial score (nSPS) is 14.9. The van der Waals surface area contributed by atoms with E-state index in [9.17, 15) is 4.39 Å². The highest BCUT2D eigenvalue weighted by Crippen LogP contribution is 2.38. The molecule has 1 aliphatic rings. The van der Waals surface area contributed by atoms with Crippen LogP contribution in [0.5, 0.6) is 0 Å². The van der Waals surface area contributed by atoms with Gasteiger partial charge in [-0.05, 0) is 18.4 Å². The van der Waals surface area contributed by atoms with Gasteiger partial charge >= 0.3 is 0 Å². The summed E-state index contributed by atoms with van der Waals surface area (Å²) in [5.74, 6) is 0.440. The van der Waals surface area contributed by atoms with Crippen LogP contribution < -0.4 is 0 Å². The fraction of sp³-hybridized carbons (Fsp3) is 0.222. The Morgan fingerprint density at radius 3 is 3.07 bits per heavy atom. The van der Waals surface area contributed by atoms with E-state index in [4.69, 9.17) is 11.6 Å². The Morgan fingerprint density at radius 1 is 1.57 bits per heavy atom. The number of benzene rings is 1. The van der Waals surface area contributed by atoms with E-state index in [1.54, 1.807) is 29.6 Å². The molecule has 0 fully saturated rings. The van der Waals surface area contributed by atoms with Gasteiger partial charge in [-0.2, -0.15) is 0 Å². The average Bonchev–Trinajstić information content (AvgIpc) is 2.19. The maximum atomic E-state index is 13.1. The number of thioether (sulfide) groups is 2. The van der Waals surface area contributed by atoms with Crippen molar-refractivity contribution in [1.29, 1.82) is 0 Å². The fourth-order valence-corrected chi connectivity index (χ4v) is 2.91. The summed E-state index contributed by atoms with van der Waals surface area (Å²) in [6.07, 6.45) is 1.98. The van der Waals surface area contributed by atoms with E-state index in [1.165, 1.54) is 6.07 Å². The molecule has 1 aliphatic heterocycles. The standard InChI is InChI=1S/C9H7ClFNS2/c1-13-9-4-14-8-3-6(11)5(10)2-7(8)12-9/h2-3H,4H2,1H3. The number of fused-ring (bicyclic) bond motifs is 1. The lowest BCUT2D eigenvalue weighted by Crippen LogP contribution is -2.00. The second-order valence-electron chi connectivity index (χ2n) is 2.73. The highest BCUT2D eigenvalue weighted by Gasteiger charge is 2.14. The van der Waals surface area contributed by atoms with Crippen LogP contribution in [0.3, 0.4) is 0 Å². The van der Waals surface area contributed by atoms with Gasteiger partial charge in [0.2, 0.25) is 0 Å². The molecule has 1 nitrogen and oxygen atoms in total. The molecule has 0 atom stereocenters. The van der Waals surface area contributed by atoms with Crippen molar-refractivity contribution < 1.29 is 4.39 Å². The Balaban J connectivity index is 2.48. The van der Waals surface area contributed by atoms with E-state index >= 15 is 0 Å². The highest BCUT2D eigenvalue weighted by atomic mass is 35.5. The molecule has 1 aromatic carbocycles. The van der Waals surface area contributed by atoms with Gasteiger partial charge in [0.1, 0.15) is 5.82 Å². The van der Waals surface area contributed by atoms with Crippen molar-refractivity contribution in [3.05, 3.63) is 23.0 Å². The zero-order valence-corrected chi connectivity index (χ0v) is 9.77. The summed E-state index contributed by atoms with van der Waals surface area (Å²) in [4.78, 5) is 5.24. The average molecular weight is 248 g/mol. The molecule has 5 heteroatoms. The highest BCUT2D eigenvalue weighted by molar-refractivity contribution is 8.15. The predicted molar refractivity (Wildman–Crippen MR) is 62.7 cm³/mol. The van der Waals surface area contributed by atoms with Crippen molar-refractivity contribution in [2.75, 3.05) is 12.0 Å². The Bertz CT molecular complexity index is 406. The maximum Gasteiger partial charge on any atom is 0.143 e. The molecule has 1 heterocycles. The summed E-state index contributed by atoms with van der Waals surface area (Å²) in [5.41, 5.74) is 0.775. The molecule has 0 amide bonds. The fourth-order valence-electron chi connectivity index (χ4n) is 1.13. The second-order valence-corrected chi connectivity index (χ2v) is 5.04. The lowest BCUT2D eigenvalue weighted by atomic mass is 10.3. The lowest BCUT2D eigenvalue weighted by Gasteiger charge is -2.13. The van der Waals surface area contributed by atoms with Crippen LogP contribution in [0.4, 0.5) is 10.1 Å². The Hall–Kier alpha value is -0.190. The summed E-state index contributed by atoms with van der Waals surface area (Å²) >= 11 is 8.88. The maximum absolute atomic E-state index is 13.1. The number of nitrogens with zero attached hydrogens (tertiary/aromatic N) is 1. The third-order valence-corrected chi connectivity index (χ3v) is 4.07. The van der Waals surface area contributed by atoms with Crippen molar-refractivity contribution in [3.63, 3.8) is 0 Å². The molecule has 0 radical (unpaired) electrons. The number of aliphatic imine (C=N–C) groups is 1. The molecule has 0 N–H and O–H groups in total. The van der Waals surface area contributed by atoms with Gasteiger partial charge in [-0.1, -0.05) is 11.6 Å². The quantitative estimate of drug-likeness (QED) is 0.688. The monoisotopic (exact) mass is 247 g/mol. The summed E-state index contributed by atoms with van der Waals surface area (Å²) in [7, 11) is 0. The first-order valence-electron chi connectivity index (χ1n) is 3.94. The van der Waals surface area contributed by atoms with Gasteiger partial charge in [-0.15, -0.1) is 23.5 Å². The van der Waals surface area contributed by atoms with Crippen LogP contribution in [-0.2, 0) is 0 Å². The molecular formula is C9H7ClFNS2. The summed E-state index contributed by atoms with van der Waals surface area (Å²) in [6.45, 7) is 0. The minimum atomic E-state index is -0.374. The van der Waals surface area contributed by atoms with Crippen LogP contribution in [0.1, 0.15) is 0 Å². The topological polar surface area (TPSA) is 12.4 Å². The molecule has 0 aliphatic carbocycles. The molecule has 2 rings (SSSR count). The largest absolute Gasteiger partial charge is 0.244 e. The lowest BCUT2D eigenvalue weighted by molar-refractivity contribution is 0.625. The third kappa shape index (κ3) is 1.92. The van der Waals surface area contributed by atoms with Gasteiger partial charge in [0.15, 0.2) is 0 Å². The van der Waals surface area contributed by atoms with Crippen LogP contribution in [0, 0.1) is 5.82 Å². The van der Waals surface area contributed by atoms with E-state index in [0.29, 0.717) is 0 Å². The molecule has 0 saturated carbocycles. The van der Waals surface area contributed by atoms with Crippen molar-refractivity contribution >= 4 is 45.9 Å². The molecule has 74 valence electrons. The van der Waals surface area contributed by atoms with E-state index in [-0.39, 0.29) is 10.8 Å². The van der Waals surface area contributed by atoms with Crippen molar-refractivity contribution in [2.24, 2.45) is 4.99 Å². The van der Waals surface area contributed by atoms with Gasteiger partial charge in [0.25, 0.3) is 0 Å². The van der Waals surface area contributed by atoms with Crippen molar-refractivity contribution in [1.82, 2.24) is 0 Å². The SMILES string of the molecule is CSC1=Nc2cc(Cl)c(F)cc2SC1. The molecule has 1 aromatic rings. The number of hydrogen-bond acceptors (Lipinski definition) is 3. The molecule has 0 saturated heterocycles. The van der Waals surface area contributed by atoms with Gasteiger partial charge in [0, 0.05) is 10.6 Å². The zero-order valence-electron chi connectivity index (χ0n) is 7.38. The molecule has 14 heavy (non-hydrogen) atoms.